The van der Waals surface area contributed by atoms with Gasteiger partial charge in [-0.25, -0.2) is 0 Å². The minimum Gasteiger partial charge on any atom is -0.486 e. The molecule has 1 N–H and O–H groups in total. The van der Waals surface area contributed by atoms with E-state index in [1.165, 1.54) is 6.08 Å². The first-order chi connectivity index (χ1) is 4.72. The maximum Gasteiger partial charge on any atom is 0.310 e. The Balaban J connectivity index is 3.84. The summed E-state index contributed by atoms with van der Waals surface area (Å²) in [6.07, 6.45) is -0.678. The lowest BCUT2D eigenvalue weighted by molar-refractivity contribution is 0.158. The summed E-state index contributed by atoms with van der Waals surface area (Å²) in [4.78, 5) is 0. The molecular formula is C6H8F2O2. The van der Waals surface area contributed by atoms with Crippen molar-refractivity contribution in [3.05, 3.63) is 24.5 Å². The van der Waals surface area contributed by atoms with Crippen molar-refractivity contribution in [3.63, 3.8) is 0 Å². The number of aliphatic hydroxyl groups excluding tert-OH is 1. The van der Waals surface area contributed by atoms with Gasteiger partial charge >= 0.3 is 6.08 Å². The van der Waals surface area contributed by atoms with Crippen LogP contribution < -0.4 is 0 Å². The molecule has 0 aliphatic carbocycles. The summed E-state index contributed by atoms with van der Waals surface area (Å²) in [7, 11) is 0. The Bertz CT molecular complexity index is 139. The molecule has 0 saturated heterocycles. The van der Waals surface area contributed by atoms with E-state index in [2.05, 4.69) is 11.3 Å². The predicted molar refractivity (Wildman–Crippen MR) is 32.5 cm³/mol. The summed E-state index contributed by atoms with van der Waals surface area (Å²) in [6.45, 7) is 2.45. The SMILES string of the molecule is C=CCOC(CO)=C(F)F. The van der Waals surface area contributed by atoms with Crippen molar-refractivity contribution in [3.8, 4) is 0 Å². The van der Waals surface area contributed by atoms with Gasteiger partial charge in [-0.3, -0.25) is 0 Å². The van der Waals surface area contributed by atoms with Gasteiger partial charge in [-0.15, -0.1) is 0 Å². The maximum absolute atomic E-state index is 11.6. The van der Waals surface area contributed by atoms with Crippen LogP contribution >= 0.6 is 0 Å². The molecule has 0 aromatic rings. The molecule has 0 radical (unpaired) electrons. The lowest BCUT2D eigenvalue weighted by atomic mass is 10.6. The minimum atomic E-state index is -2.00. The van der Waals surface area contributed by atoms with Crippen LogP contribution in [0, 0.1) is 0 Å². The predicted octanol–water partition coefficient (Wildman–Crippen LogP) is 1.29. The molecule has 10 heavy (non-hydrogen) atoms. The Morgan fingerprint density at radius 1 is 1.60 bits per heavy atom. The summed E-state index contributed by atoms with van der Waals surface area (Å²) in [5, 5.41) is 8.23. The third-order valence-corrected chi connectivity index (χ3v) is 0.730. The Labute approximate surface area is 57.4 Å². The first kappa shape index (κ1) is 9.10. The van der Waals surface area contributed by atoms with Crippen LogP contribution in [0.15, 0.2) is 24.5 Å². The standard InChI is InChI=1S/C6H8F2O2/c1-2-3-10-5(4-9)6(7)8/h2,9H,1,3-4H2. The Morgan fingerprint density at radius 2 is 2.20 bits per heavy atom. The van der Waals surface area contributed by atoms with Gasteiger partial charge in [0.25, 0.3) is 0 Å². The second kappa shape index (κ2) is 4.93. The van der Waals surface area contributed by atoms with E-state index in [0.29, 0.717) is 0 Å². The quantitative estimate of drug-likeness (QED) is 0.483. The molecule has 4 heteroatoms. The van der Waals surface area contributed by atoms with Crippen LogP contribution in [0.25, 0.3) is 0 Å². The summed E-state index contributed by atoms with van der Waals surface area (Å²) in [6, 6.07) is 0. The highest BCUT2D eigenvalue weighted by molar-refractivity contribution is 4.93. The van der Waals surface area contributed by atoms with Crippen molar-refractivity contribution < 1.29 is 18.6 Å². The number of hydrogen-bond donors (Lipinski definition) is 1. The number of hydrogen-bond acceptors (Lipinski definition) is 2. The summed E-state index contributed by atoms with van der Waals surface area (Å²) in [5.41, 5.74) is 0. The van der Waals surface area contributed by atoms with Crippen molar-refractivity contribution in [2.45, 2.75) is 0 Å². The molecule has 0 unspecified atom stereocenters. The first-order valence-electron chi connectivity index (χ1n) is 2.61. The highest BCUT2D eigenvalue weighted by Crippen LogP contribution is 2.07. The van der Waals surface area contributed by atoms with Crippen LogP contribution in [0.5, 0.6) is 0 Å². The Morgan fingerprint density at radius 3 is 2.50 bits per heavy atom. The molecule has 58 valence electrons. The second-order valence-corrected chi connectivity index (χ2v) is 1.44. The van der Waals surface area contributed by atoms with Crippen molar-refractivity contribution in [2.24, 2.45) is 0 Å². The zero-order chi connectivity index (χ0) is 7.98. The monoisotopic (exact) mass is 150 g/mol. The average Bonchev–Trinajstić information content (AvgIpc) is 1.89. The van der Waals surface area contributed by atoms with Gasteiger partial charge < -0.3 is 9.84 Å². The highest BCUT2D eigenvalue weighted by Gasteiger charge is 2.03. The lowest BCUT2D eigenvalue weighted by Gasteiger charge is -2.02. The van der Waals surface area contributed by atoms with Crippen LogP contribution in [0.2, 0.25) is 0 Å². The summed E-state index contributed by atoms with van der Waals surface area (Å²) >= 11 is 0. The third-order valence-electron chi connectivity index (χ3n) is 0.730. The molecule has 0 heterocycles. The summed E-state index contributed by atoms with van der Waals surface area (Å²) < 4.78 is 27.5. The number of ether oxygens (including phenoxy) is 1. The van der Waals surface area contributed by atoms with Crippen molar-refractivity contribution in [1.82, 2.24) is 0 Å². The number of halogens is 2. The molecule has 0 amide bonds. The topological polar surface area (TPSA) is 29.5 Å². The van der Waals surface area contributed by atoms with E-state index in [4.69, 9.17) is 5.11 Å². The van der Waals surface area contributed by atoms with Crippen LogP contribution in [-0.2, 0) is 4.74 Å². The Hall–Kier alpha value is -0.900. The van der Waals surface area contributed by atoms with E-state index >= 15 is 0 Å². The molecular weight excluding hydrogens is 142 g/mol. The molecule has 0 spiro atoms. The summed E-state index contributed by atoms with van der Waals surface area (Å²) in [5.74, 6) is -0.695. The van der Waals surface area contributed by atoms with Crippen LogP contribution in [0.4, 0.5) is 8.78 Å². The molecule has 0 atom stereocenters. The van der Waals surface area contributed by atoms with Crippen LogP contribution in [-0.4, -0.2) is 18.3 Å². The number of rotatable bonds is 4. The molecule has 0 aromatic heterocycles. The van der Waals surface area contributed by atoms with Crippen LogP contribution in [0.1, 0.15) is 0 Å². The van der Waals surface area contributed by atoms with Gasteiger partial charge in [0.15, 0.2) is 5.76 Å². The molecule has 0 aliphatic rings. The Kier molecular flexibility index (Phi) is 4.49. The molecule has 0 rings (SSSR count). The van der Waals surface area contributed by atoms with Crippen molar-refractivity contribution in [1.29, 1.82) is 0 Å². The van der Waals surface area contributed by atoms with Gasteiger partial charge in [0.05, 0.1) is 0 Å². The largest absolute Gasteiger partial charge is 0.486 e. The minimum absolute atomic E-state index is 0.0206. The van der Waals surface area contributed by atoms with Gasteiger partial charge in [0, 0.05) is 0 Å². The van der Waals surface area contributed by atoms with E-state index in [1.807, 2.05) is 0 Å². The zero-order valence-corrected chi connectivity index (χ0v) is 5.31. The van der Waals surface area contributed by atoms with Gasteiger partial charge in [-0.2, -0.15) is 8.78 Å². The van der Waals surface area contributed by atoms with E-state index in [9.17, 15) is 8.78 Å². The number of aliphatic hydroxyl groups is 1. The molecule has 2 nitrogen and oxygen atoms in total. The van der Waals surface area contributed by atoms with Crippen LogP contribution in [0.3, 0.4) is 0 Å². The third kappa shape index (κ3) is 3.19. The second-order valence-electron chi connectivity index (χ2n) is 1.44. The fourth-order valence-electron chi connectivity index (χ4n) is 0.319. The van der Waals surface area contributed by atoms with Crippen molar-refractivity contribution in [2.75, 3.05) is 13.2 Å². The molecule has 0 aliphatic heterocycles. The molecule has 0 fully saturated rings. The van der Waals surface area contributed by atoms with E-state index in [0.717, 1.165) is 0 Å². The highest BCUT2D eigenvalue weighted by atomic mass is 19.3. The van der Waals surface area contributed by atoms with Gasteiger partial charge in [0.2, 0.25) is 0 Å². The smallest absolute Gasteiger partial charge is 0.310 e. The van der Waals surface area contributed by atoms with Gasteiger partial charge in [-0.05, 0) is 0 Å². The molecule has 0 aromatic carbocycles. The molecule has 0 saturated carbocycles. The fourth-order valence-corrected chi connectivity index (χ4v) is 0.319. The zero-order valence-electron chi connectivity index (χ0n) is 5.31. The van der Waals surface area contributed by atoms with Gasteiger partial charge in [0.1, 0.15) is 13.2 Å². The first-order valence-corrected chi connectivity index (χ1v) is 2.61. The fraction of sp³-hybridized carbons (Fsp3) is 0.333. The lowest BCUT2D eigenvalue weighted by Crippen LogP contribution is -1.98. The van der Waals surface area contributed by atoms with E-state index in [1.54, 1.807) is 0 Å². The molecule has 0 bridgehead atoms. The maximum atomic E-state index is 11.6. The van der Waals surface area contributed by atoms with Gasteiger partial charge in [-0.1, -0.05) is 12.7 Å². The average molecular weight is 150 g/mol. The van der Waals surface area contributed by atoms with Crippen molar-refractivity contribution >= 4 is 0 Å². The van der Waals surface area contributed by atoms with E-state index < -0.39 is 18.4 Å². The van der Waals surface area contributed by atoms with E-state index in [-0.39, 0.29) is 6.61 Å². The normalized spacial score (nSPS) is 8.70.